The zero-order chi connectivity index (χ0) is 20.9. The summed E-state index contributed by atoms with van der Waals surface area (Å²) in [4.78, 5) is 36.9. The highest BCUT2D eigenvalue weighted by molar-refractivity contribution is 7.12. The van der Waals surface area contributed by atoms with Crippen LogP contribution in [-0.4, -0.2) is 64.9 Å². The van der Waals surface area contributed by atoms with Gasteiger partial charge in [-0.25, -0.2) is 4.98 Å². The molecule has 0 saturated carbocycles. The maximum absolute atomic E-state index is 13.1. The van der Waals surface area contributed by atoms with Crippen molar-refractivity contribution in [1.82, 2.24) is 19.4 Å². The molecule has 8 heteroatoms. The average Bonchev–Trinajstić information content (AvgIpc) is 3.51. The van der Waals surface area contributed by atoms with Gasteiger partial charge in [-0.05, 0) is 42.1 Å². The number of likely N-dealkylation sites (tertiary alicyclic amines) is 1. The van der Waals surface area contributed by atoms with Gasteiger partial charge >= 0.3 is 0 Å². The average molecular weight is 422 g/mol. The lowest BCUT2D eigenvalue weighted by molar-refractivity contribution is -0.127. The summed E-state index contributed by atoms with van der Waals surface area (Å²) in [5.41, 5.74) is 1.52. The number of amides is 2. The highest BCUT2D eigenvalue weighted by Crippen LogP contribution is 2.47. The van der Waals surface area contributed by atoms with Crippen LogP contribution in [0.15, 0.2) is 54.2 Å². The Labute approximate surface area is 179 Å². The van der Waals surface area contributed by atoms with Crippen LogP contribution in [-0.2, 0) is 10.3 Å². The molecule has 154 valence electrons. The lowest BCUT2D eigenvalue weighted by Crippen LogP contribution is -2.55. The molecule has 0 aromatic carbocycles. The monoisotopic (exact) mass is 421 g/mol. The van der Waals surface area contributed by atoms with Crippen molar-refractivity contribution < 1.29 is 9.59 Å². The van der Waals surface area contributed by atoms with Crippen LogP contribution in [0.1, 0.15) is 21.8 Å². The Hall–Kier alpha value is -3.13. The summed E-state index contributed by atoms with van der Waals surface area (Å²) in [6.07, 6.45) is 4.54. The largest absolute Gasteiger partial charge is 0.347 e. The minimum absolute atomic E-state index is 0.0206. The molecule has 1 saturated heterocycles. The number of hydrogen-bond donors (Lipinski definition) is 0. The molecule has 2 aliphatic rings. The molecule has 5 heterocycles. The van der Waals surface area contributed by atoms with E-state index in [0.29, 0.717) is 13.1 Å². The van der Waals surface area contributed by atoms with Crippen molar-refractivity contribution in [2.75, 3.05) is 38.6 Å². The number of fused-ring (bicyclic) bond motifs is 4. The molecule has 3 aromatic heterocycles. The van der Waals surface area contributed by atoms with E-state index in [4.69, 9.17) is 0 Å². The summed E-state index contributed by atoms with van der Waals surface area (Å²) in [7, 11) is 3.54. The standard InChI is InChI=1S/C22H23N5O2S/c1-24(2)19(28)14-27-16-6-3-10-23-20(16)26-11-4-8-18(26)22(27)9-12-25(15-22)21(29)17-7-5-13-30-17/h3-8,10-11,13H,9,12,14-15H2,1-2H3/t22-/m1/s1. The van der Waals surface area contributed by atoms with Gasteiger partial charge in [-0.1, -0.05) is 6.07 Å². The van der Waals surface area contributed by atoms with E-state index in [1.807, 2.05) is 46.8 Å². The van der Waals surface area contributed by atoms with Crippen LogP contribution in [0.25, 0.3) is 5.82 Å². The smallest absolute Gasteiger partial charge is 0.264 e. The van der Waals surface area contributed by atoms with Crippen molar-refractivity contribution in [1.29, 1.82) is 0 Å². The maximum Gasteiger partial charge on any atom is 0.264 e. The first-order valence-corrected chi connectivity index (χ1v) is 10.8. The summed E-state index contributed by atoms with van der Waals surface area (Å²) >= 11 is 1.46. The summed E-state index contributed by atoms with van der Waals surface area (Å²) < 4.78 is 2.10. The molecular weight excluding hydrogens is 398 g/mol. The van der Waals surface area contributed by atoms with Crippen molar-refractivity contribution in [3.8, 4) is 5.82 Å². The van der Waals surface area contributed by atoms with Crippen LogP contribution < -0.4 is 4.90 Å². The van der Waals surface area contributed by atoms with Crippen LogP contribution in [0, 0.1) is 0 Å². The number of likely N-dealkylation sites (N-methyl/N-ethyl adjacent to an activating group) is 1. The molecular formula is C22H23N5O2S. The van der Waals surface area contributed by atoms with E-state index in [9.17, 15) is 9.59 Å². The Kier molecular flexibility index (Phi) is 4.39. The summed E-state index contributed by atoms with van der Waals surface area (Å²) in [6, 6.07) is 11.8. The lowest BCUT2D eigenvalue weighted by Gasteiger charge is -2.46. The third-order valence-electron chi connectivity index (χ3n) is 6.09. The van der Waals surface area contributed by atoms with Crippen molar-refractivity contribution in [2.24, 2.45) is 0 Å². The molecule has 0 aliphatic carbocycles. The SMILES string of the molecule is CN(C)C(=O)CN1c2cccnc2-n2cccc2[C@]12CCN(C(=O)c1cccs1)C2. The Morgan fingerprint density at radius 3 is 2.83 bits per heavy atom. The van der Waals surface area contributed by atoms with Gasteiger partial charge in [0, 0.05) is 39.6 Å². The number of aromatic nitrogens is 2. The fraction of sp³-hybridized carbons (Fsp3) is 0.318. The molecule has 1 spiro atoms. The van der Waals surface area contributed by atoms with Gasteiger partial charge in [-0.15, -0.1) is 11.3 Å². The van der Waals surface area contributed by atoms with E-state index in [0.717, 1.165) is 28.5 Å². The van der Waals surface area contributed by atoms with Crippen molar-refractivity contribution in [3.05, 3.63) is 64.7 Å². The van der Waals surface area contributed by atoms with Gasteiger partial charge in [0.2, 0.25) is 5.91 Å². The van der Waals surface area contributed by atoms with Gasteiger partial charge < -0.3 is 19.3 Å². The fourth-order valence-electron chi connectivity index (χ4n) is 4.56. The van der Waals surface area contributed by atoms with Gasteiger partial charge in [0.25, 0.3) is 5.91 Å². The predicted octanol–water partition coefficient (Wildman–Crippen LogP) is 2.58. The fourth-order valence-corrected chi connectivity index (χ4v) is 5.26. The Bertz CT molecular complexity index is 1110. The van der Waals surface area contributed by atoms with Crippen LogP contribution in [0.2, 0.25) is 0 Å². The highest BCUT2D eigenvalue weighted by Gasteiger charge is 2.51. The predicted molar refractivity (Wildman–Crippen MR) is 116 cm³/mol. The Morgan fingerprint density at radius 1 is 1.20 bits per heavy atom. The van der Waals surface area contributed by atoms with Crippen LogP contribution >= 0.6 is 11.3 Å². The molecule has 2 amide bonds. The van der Waals surface area contributed by atoms with E-state index in [2.05, 4.69) is 20.5 Å². The van der Waals surface area contributed by atoms with Crippen LogP contribution in [0.4, 0.5) is 5.69 Å². The Morgan fingerprint density at radius 2 is 2.07 bits per heavy atom. The van der Waals surface area contributed by atoms with Crippen molar-refractivity contribution >= 4 is 28.8 Å². The molecule has 1 atom stereocenters. The number of thiophene rings is 1. The molecule has 0 bridgehead atoms. The first-order valence-electron chi connectivity index (χ1n) is 9.95. The summed E-state index contributed by atoms with van der Waals surface area (Å²) in [6.45, 7) is 1.41. The molecule has 7 nitrogen and oxygen atoms in total. The maximum atomic E-state index is 13.1. The number of carbonyl (C=O) groups is 2. The molecule has 0 radical (unpaired) electrons. The van der Waals surface area contributed by atoms with Crippen molar-refractivity contribution in [3.63, 3.8) is 0 Å². The van der Waals surface area contributed by atoms with Gasteiger partial charge in [0.15, 0.2) is 5.82 Å². The topological polar surface area (TPSA) is 61.7 Å². The van der Waals surface area contributed by atoms with E-state index < -0.39 is 5.54 Å². The first-order chi connectivity index (χ1) is 14.5. The zero-order valence-corrected chi connectivity index (χ0v) is 17.8. The van der Waals surface area contributed by atoms with Crippen LogP contribution in [0.3, 0.4) is 0 Å². The first kappa shape index (κ1) is 18.9. The number of rotatable bonds is 3. The number of nitrogens with zero attached hydrogens (tertiary/aromatic N) is 5. The Balaban J connectivity index is 1.60. The number of pyridine rings is 1. The molecule has 0 unspecified atom stereocenters. The van der Waals surface area contributed by atoms with E-state index in [-0.39, 0.29) is 18.4 Å². The van der Waals surface area contributed by atoms with Crippen LogP contribution in [0.5, 0.6) is 0 Å². The van der Waals surface area contributed by atoms with E-state index >= 15 is 0 Å². The van der Waals surface area contributed by atoms with Crippen molar-refractivity contribution in [2.45, 2.75) is 12.0 Å². The summed E-state index contributed by atoms with van der Waals surface area (Å²) in [5.74, 6) is 0.890. The number of carbonyl (C=O) groups excluding carboxylic acids is 2. The third kappa shape index (κ3) is 2.74. The third-order valence-corrected chi connectivity index (χ3v) is 6.94. The summed E-state index contributed by atoms with van der Waals surface area (Å²) in [5, 5.41) is 1.93. The quantitative estimate of drug-likeness (QED) is 0.652. The molecule has 1 fully saturated rings. The van der Waals surface area contributed by atoms with Gasteiger partial charge in [0.1, 0.15) is 5.54 Å². The molecule has 2 aliphatic heterocycles. The van der Waals surface area contributed by atoms with Gasteiger partial charge in [-0.3, -0.25) is 9.59 Å². The second-order valence-corrected chi connectivity index (χ2v) is 8.92. The van der Waals surface area contributed by atoms with E-state index in [1.54, 1.807) is 25.2 Å². The minimum Gasteiger partial charge on any atom is -0.347 e. The van der Waals surface area contributed by atoms with Gasteiger partial charge in [0.05, 0.1) is 22.8 Å². The molecule has 5 rings (SSSR count). The van der Waals surface area contributed by atoms with E-state index in [1.165, 1.54) is 11.3 Å². The second-order valence-electron chi connectivity index (χ2n) is 7.97. The number of anilines is 1. The zero-order valence-electron chi connectivity index (χ0n) is 17.0. The highest BCUT2D eigenvalue weighted by atomic mass is 32.1. The lowest BCUT2D eigenvalue weighted by atomic mass is 9.88. The second kappa shape index (κ2) is 6.98. The normalized spacial score (nSPS) is 19.7. The number of hydrogen-bond acceptors (Lipinski definition) is 5. The minimum atomic E-state index is -0.474. The molecule has 0 N–H and O–H groups in total. The van der Waals surface area contributed by atoms with Gasteiger partial charge in [-0.2, -0.15) is 0 Å². The molecule has 30 heavy (non-hydrogen) atoms. The molecule has 3 aromatic rings.